The molecule has 0 radical (unpaired) electrons. The minimum absolute atomic E-state index is 0.0479. The van der Waals surface area contributed by atoms with Crippen molar-refractivity contribution < 1.29 is 14.6 Å². The molecule has 0 saturated heterocycles. The number of halogens is 1. The van der Waals surface area contributed by atoms with Crippen molar-refractivity contribution in [1.29, 1.82) is 0 Å². The first kappa shape index (κ1) is 15.5. The third-order valence-corrected chi connectivity index (χ3v) is 3.48. The summed E-state index contributed by atoms with van der Waals surface area (Å²) in [6, 6.07) is 18.3. The molecule has 0 fully saturated rings. The highest BCUT2D eigenvalue weighted by molar-refractivity contribution is 6.24. The first-order valence-corrected chi connectivity index (χ1v) is 7.07. The Morgan fingerprint density at radius 2 is 1.62 bits per heavy atom. The Balaban J connectivity index is 1.97. The molecule has 0 unspecified atom stereocenters. The minimum atomic E-state index is -1.01. The molecule has 2 rings (SSSR count). The molecule has 3 nitrogen and oxygen atoms in total. The molecule has 1 atom stereocenters. The lowest BCUT2D eigenvalue weighted by molar-refractivity contribution is 0.0419. The molecule has 0 bridgehead atoms. The van der Waals surface area contributed by atoms with Gasteiger partial charge in [0.15, 0.2) is 0 Å². The van der Waals surface area contributed by atoms with E-state index in [-0.39, 0.29) is 13.2 Å². The van der Waals surface area contributed by atoms with Crippen LogP contribution >= 0.6 is 11.6 Å². The summed E-state index contributed by atoms with van der Waals surface area (Å²) in [5.41, 5.74) is 1.45. The lowest BCUT2D eigenvalue weighted by Crippen LogP contribution is -2.36. The lowest BCUT2D eigenvalue weighted by Gasteiger charge is -2.24. The van der Waals surface area contributed by atoms with Gasteiger partial charge in [-0.2, -0.15) is 0 Å². The van der Waals surface area contributed by atoms with Gasteiger partial charge in [-0.15, -0.1) is 11.6 Å². The number of carbonyl (C=O) groups excluding carboxylic acids is 1. The Morgan fingerprint density at radius 1 is 1.05 bits per heavy atom. The first-order valence-electron chi connectivity index (χ1n) is 6.69. The molecule has 110 valence electrons. The summed E-state index contributed by atoms with van der Waals surface area (Å²) >= 11 is 6.36. The lowest BCUT2D eigenvalue weighted by atomic mass is 10.00. The van der Waals surface area contributed by atoms with Gasteiger partial charge in [0.1, 0.15) is 11.5 Å². The maximum absolute atomic E-state index is 11.9. The van der Waals surface area contributed by atoms with Crippen molar-refractivity contribution in [2.75, 3.05) is 13.2 Å². The van der Waals surface area contributed by atoms with Gasteiger partial charge in [0.05, 0.1) is 12.2 Å². The summed E-state index contributed by atoms with van der Waals surface area (Å²) in [4.78, 5) is 10.9. The fourth-order valence-corrected chi connectivity index (χ4v) is 2.18. The number of aliphatic hydroxyl groups excluding tert-OH is 1. The second-order valence-electron chi connectivity index (χ2n) is 4.91. The van der Waals surface area contributed by atoms with Crippen LogP contribution in [0.2, 0.25) is 0 Å². The second-order valence-corrected chi connectivity index (χ2v) is 5.72. The molecular weight excluding hydrogens is 288 g/mol. The summed E-state index contributed by atoms with van der Waals surface area (Å²) < 4.78 is 5.23. The van der Waals surface area contributed by atoms with Gasteiger partial charge in [-0.05, 0) is 24.1 Å². The maximum Gasteiger partial charge on any atom is 0.338 e. The summed E-state index contributed by atoms with van der Waals surface area (Å²) in [5, 5.41) is 9.51. The van der Waals surface area contributed by atoms with Crippen LogP contribution in [0.5, 0.6) is 0 Å². The number of rotatable bonds is 6. The van der Waals surface area contributed by atoms with E-state index in [9.17, 15) is 9.90 Å². The van der Waals surface area contributed by atoms with Crippen molar-refractivity contribution in [2.45, 2.75) is 11.3 Å². The van der Waals surface area contributed by atoms with E-state index in [0.717, 1.165) is 5.56 Å². The van der Waals surface area contributed by atoms with Gasteiger partial charge in [-0.3, -0.25) is 0 Å². The number of hydrogen-bond acceptors (Lipinski definition) is 3. The number of carbonyl (C=O) groups is 1. The van der Waals surface area contributed by atoms with Gasteiger partial charge in [0.25, 0.3) is 0 Å². The number of benzene rings is 2. The van der Waals surface area contributed by atoms with Crippen LogP contribution in [0.15, 0.2) is 60.7 Å². The normalized spacial score (nSPS) is 13.4. The highest BCUT2D eigenvalue weighted by Crippen LogP contribution is 2.22. The molecule has 0 spiro atoms. The molecule has 0 saturated carbocycles. The number of ether oxygens (including phenoxy) is 1. The van der Waals surface area contributed by atoms with Crippen molar-refractivity contribution >= 4 is 17.6 Å². The summed E-state index contributed by atoms with van der Waals surface area (Å²) in [6.07, 6.45) is 0.425. The average Bonchev–Trinajstić information content (AvgIpc) is 2.54. The quantitative estimate of drug-likeness (QED) is 0.659. The van der Waals surface area contributed by atoms with Crippen LogP contribution in [0.3, 0.4) is 0 Å². The Kier molecular flexibility index (Phi) is 5.37. The van der Waals surface area contributed by atoms with Crippen LogP contribution in [0.25, 0.3) is 0 Å². The topological polar surface area (TPSA) is 46.5 Å². The number of esters is 1. The predicted octanol–water partition coefficient (Wildman–Crippen LogP) is 3.06. The molecule has 4 heteroatoms. The van der Waals surface area contributed by atoms with E-state index in [1.165, 1.54) is 0 Å². The highest BCUT2D eigenvalue weighted by atomic mass is 35.5. The van der Waals surface area contributed by atoms with E-state index in [4.69, 9.17) is 16.3 Å². The van der Waals surface area contributed by atoms with E-state index < -0.39 is 10.8 Å². The van der Waals surface area contributed by atoms with Gasteiger partial charge in [0, 0.05) is 0 Å². The number of aliphatic hydroxyl groups is 1. The van der Waals surface area contributed by atoms with Gasteiger partial charge in [-0.1, -0.05) is 48.5 Å². The molecule has 21 heavy (non-hydrogen) atoms. The molecule has 1 N–H and O–H groups in total. The molecule has 2 aromatic rings. The Labute approximate surface area is 129 Å². The molecular formula is C17H17ClO3. The Hall–Kier alpha value is -1.84. The Morgan fingerprint density at radius 3 is 2.19 bits per heavy atom. The van der Waals surface area contributed by atoms with Crippen molar-refractivity contribution in [3.05, 3.63) is 71.8 Å². The SMILES string of the molecule is O=C(OC[C@](Cl)(CO)Cc1ccccc1)c1ccccc1. The zero-order chi connectivity index (χ0) is 15.1. The zero-order valence-corrected chi connectivity index (χ0v) is 12.3. The van der Waals surface area contributed by atoms with E-state index in [0.29, 0.717) is 12.0 Å². The zero-order valence-electron chi connectivity index (χ0n) is 11.5. The van der Waals surface area contributed by atoms with E-state index >= 15 is 0 Å². The second kappa shape index (κ2) is 7.25. The summed E-state index contributed by atoms with van der Waals surface area (Å²) in [6.45, 7) is -0.320. The molecule has 0 heterocycles. The van der Waals surface area contributed by atoms with Crippen LogP contribution in [0.1, 0.15) is 15.9 Å². The standard InChI is InChI=1S/C17H17ClO3/c18-17(12-19,11-14-7-3-1-4-8-14)13-21-16(20)15-9-5-2-6-10-15/h1-10,19H,11-13H2/t17-/m1/s1. The van der Waals surface area contributed by atoms with Crippen molar-refractivity contribution in [3.8, 4) is 0 Å². The van der Waals surface area contributed by atoms with E-state index in [1.54, 1.807) is 24.3 Å². The molecule has 0 aliphatic rings. The number of alkyl halides is 1. The van der Waals surface area contributed by atoms with Crippen molar-refractivity contribution in [1.82, 2.24) is 0 Å². The molecule has 2 aromatic carbocycles. The van der Waals surface area contributed by atoms with Crippen LogP contribution in [0.4, 0.5) is 0 Å². The van der Waals surface area contributed by atoms with Crippen molar-refractivity contribution in [3.63, 3.8) is 0 Å². The summed E-state index contributed by atoms with van der Waals surface area (Å²) in [7, 11) is 0. The molecule has 0 aliphatic carbocycles. The minimum Gasteiger partial charge on any atom is -0.460 e. The summed E-state index contributed by atoms with van der Waals surface area (Å²) in [5.74, 6) is -0.442. The highest BCUT2D eigenvalue weighted by Gasteiger charge is 2.29. The van der Waals surface area contributed by atoms with Crippen LogP contribution < -0.4 is 0 Å². The van der Waals surface area contributed by atoms with E-state index in [1.807, 2.05) is 36.4 Å². The first-order chi connectivity index (χ1) is 10.1. The predicted molar refractivity (Wildman–Crippen MR) is 82.5 cm³/mol. The van der Waals surface area contributed by atoms with Gasteiger partial charge in [-0.25, -0.2) is 4.79 Å². The van der Waals surface area contributed by atoms with Crippen LogP contribution in [0, 0.1) is 0 Å². The van der Waals surface area contributed by atoms with Gasteiger partial charge < -0.3 is 9.84 Å². The average molecular weight is 305 g/mol. The fourth-order valence-electron chi connectivity index (χ4n) is 1.97. The maximum atomic E-state index is 11.9. The van der Waals surface area contributed by atoms with Crippen molar-refractivity contribution in [2.24, 2.45) is 0 Å². The molecule has 0 amide bonds. The molecule has 0 aliphatic heterocycles. The monoisotopic (exact) mass is 304 g/mol. The Bertz CT molecular complexity index is 571. The van der Waals surface area contributed by atoms with Crippen LogP contribution in [-0.4, -0.2) is 29.2 Å². The third kappa shape index (κ3) is 4.59. The smallest absolute Gasteiger partial charge is 0.338 e. The van der Waals surface area contributed by atoms with Gasteiger partial charge in [0.2, 0.25) is 0 Å². The number of hydrogen-bond donors (Lipinski definition) is 1. The molecule has 0 aromatic heterocycles. The van der Waals surface area contributed by atoms with E-state index in [2.05, 4.69) is 0 Å². The van der Waals surface area contributed by atoms with Crippen LogP contribution in [-0.2, 0) is 11.2 Å². The third-order valence-electron chi connectivity index (χ3n) is 3.12. The fraction of sp³-hybridized carbons (Fsp3) is 0.235. The van der Waals surface area contributed by atoms with Gasteiger partial charge >= 0.3 is 5.97 Å². The largest absolute Gasteiger partial charge is 0.460 e.